The summed E-state index contributed by atoms with van der Waals surface area (Å²) in [7, 11) is 0. The first-order chi connectivity index (χ1) is 12.9. The van der Waals surface area contributed by atoms with E-state index in [0.717, 1.165) is 28.3 Å². The maximum atomic E-state index is 12.4. The van der Waals surface area contributed by atoms with E-state index in [1.807, 2.05) is 62.4 Å². The van der Waals surface area contributed by atoms with Crippen molar-refractivity contribution in [2.45, 2.75) is 13.8 Å². The highest BCUT2D eigenvalue weighted by Crippen LogP contribution is 2.32. The molecule has 5 heteroatoms. The topological polar surface area (TPSA) is 85.9 Å². The van der Waals surface area contributed by atoms with E-state index in [2.05, 4.69) is 9.97 Å². The van der Waals surface area contributed by atoms with Gasteiger partial charge in [-0.05, 0) is 13.8 Å². The molecule has 2 N–H and O–H groups in total. The molecule has 0 atom stereocenters. The van der Waals surface area contributed by atoms with Crippen molar-refractivity contribution in [1.29, 1.82) is 0 Å². The van der Waals surface area contributed by atoms with Crippen LogP contribution in [0.4, 0.5) is 0 Å². The molecule has 0 unspecified atom stereocenters. The molecule has 3 aromatic rings. The second-order valence-corrected chi connectivity index (χ2v) is 6.64. The van der Waals surface area contributed by atoms with Crippen LogP contribution in [0.25, 0.3) is 22.5 Å². The number of aromatic nitrogens is 2. The van der Waals surface area contributed by atoms with Crippen molar-refractivity contribution in [1.82, 2.24) is 9.97 Å². The average molecular weight is 355 g/mol. The fourth-order valence-electron chi connectivity index (χ4n) is 3.00. The van der Waals surface area contributed by atoms with Gasteiger partial charge in [0, 0.05) is 17.2 Å². The van der Waals surface area contributed by atoms with Gasteiger partial charge >= 0.3 is 0 Å². The summed E-state index contributed by atoms with van der Waals surface area (Å²) >= 11 is 0. The highest BCUT2D eigenvalue weighted by Gasteiger charge is 2.29. The smallest absolute Gasteiger partial charge is 0.229 e. The number of nitrogens with zero attached hydrogens (tertiary/aromatic N) is 2. The van der Waals surface area contributed by atoms with Crippen LogP contribution in [0, 0.1) is 13.8 Å². The zero-order chi connectivity index (χ0) is 19.1. The summed E-state index contributed by atoms with van der Waals surface area (Å²) in [5.74, 6) is -0.876. The number of Topliss-reactive ketones (excluding diaryl/α,β-unsaturated/α-hetero) is 1. The van der Waals surface area contributed by atoms with Gasteiger partial charge in [-0.15, -0.1) is 0 Å². The normalized spacial score (nSPS) is 13.3. The Morgan fingerprint density at radius 3 is 1.59 bits per heavy atom. The highest BCUT2D eigenvalue weighted by atomic mass is 16.1. The van der Waals surface area contributed by atoms with Gasteiger partial charge in [0.2, 0.25) is 11.6 Å². The van der Waals surface area contributed by atoms with Gasteiger partial charge in [-0.25, -0.2) is 9.97 Å². The molecule has 0 saturated carbocycles. The second kappa shape index (κ2) is 6.29. The predicted octanol–water partition coefficient (Wildman–Crippen LogP) is 3.65. The van der Waals surface area contributed by atoms with Gasteiger partial charge in [-0.3, -0.25) is 9.59 Å². The van der Waals surface area contributed by atoms with Crippen molar-refractivity contribution in [3.8, 4) is 22.5 Å². The van der Waals surface area contributed by atoms with Crippen molar-refractivity contribution >= 4 is 11.6 Å². The van der Waals surface area contributed by atoms with E-state index >= 15 is 0 Å². The second-order valence-electron chi connectivity index (χ2n) is 6.64. The Kier molecular flexibility index (Phi) is 3.92. The summed E-state index contributed by atoms with van der Waals surface area (Å²) < 4.78 is 0. The lowest BCUT2D eigenvalue weighted by Gasteiger charge is -2.16. The molecule has 0 bridgehead atoms. The molecule has 0 aliphatic heterocycles. The van der Waals surface area contributed by atoms with Crippen molar-refractivity contribution in [3.05, 3.63) is 82.8 Å². The largest absolute Gasteiger partial charge is 0.395 e. The van der Waals surface area contributed by atoms with Crippen LogP contribution < -0.4 is 5.73 Å². The van der Waals surface area contributed by atoms with E-state index in [-0.39, 0.29) is 17.1 Å². The number of allylic oxidation sites excluding steroid dienone is 2. The quantitative estimate of drug-likeness (QED) is 0.758. The van der Waals surface area contributed by atoms with Crippen molar-refractivity contribution in [2.24, 2.45) is 5.73 Å². The lowest BCUT2D eigenvalue weighted by atomic mass is 9.98. The van der Waals surface area contributed by atoms with Crippen LogP contribution in [-0.4, -0.2) is 21.5 Å². The van der Waals surface area contributed by atoms with E-state index in [4.69, 9.17) is 5.73 Å². The molecule has 1 heterocycles. The monoisotopic (exact) mass is 355 g/mol. The van der Waals surface area contributed by atoms with Crippen LogP contribution in [0.2, 0.25) is 0 Å². The fourth-order valence-corrected chi connectivity index (χ4v) is 3.00. The number of fused-ring (bicyclic) bond motifs is 1. The maximum Gasteiger partial charge on any atom is 0.229 e. The number of hydrogen-bond donors (Lipinski definition) is 1. The molecular weight excluding hydrogens is 338 g/mol. The van der Waals surface area contributed by atoms with Gasteiger partial charge in [0.15, 0.2) is 0 Å². The standard InChI is InChI=1S/C22H17N3O2/c1-12-3-7-14(8-4-12)18-19(15-9-5-13(2)6-10-15)25-21-20(24-18)17(26)11-16(23)22(21)27/h3-11H,23H2,1-2H3. The molecule has 1 aliphatic carbocycles. The molecule has 27 heavy (non-hydrogen) atoms. The predicted molar refractivity (Wildman–Crippen MR) is 103 cm³/mol. The number of benzene rings is 2. The summed E-state index contributed by atoms with van der Waals surface area (Å²) in [4.78, 5) is 33.9. The summed E-state index contributed by atoms with van der Waals surface area (Å²) in [5, 5.41) is 0. The van der Waals surface area contributed by atoms with Crippen LogP contribution in [0.1, 0.15) is 32.1 Å². The number of hydrogen-bond acceptors (Lipinski definition) is 5. The number of rotatable bonds is 2. The third kappa shape index (κ3) is 2.93. The maximum absolute atomic E-state index is 12.4. The minimum absolute atomic E-state index is 0.00596. The molecule has 0 amide bonds. The van der Waals surface area contributed by atoms with Crippen LogP contribution in [-0.2, 0) is 0 Å². The van der Waals surface area contributed by atoms with Crippen LogP contribution in [0.15, 0.2) is 60.3 Å². The zero-order valence-corrected chi connectivity index (χ0v) is 15.0. The molecular formula is C22H17N3O2. The van der Waals surface area contributed by atoms with Gasteiger partial charge in [0.05, 0.1) is 17.1 Å². The van der Waals surface area contributed by atoms with E-state index in [0.29, 0.717) is 11.4 Å². The number of aryl methyl sites for hydroxylation is 2. The average Bonchev–Trinajstić information content (AvgIpc) is 2.67. The molecule has 132 valence electrons. The number of ketones is 2. The van der Waals surface area contributed by atoms with E-state index in [9.17, 15) is 9.59 Å². The molecule has 5 nitrogen and oxygen atoms in total. The third-order valence-corrected chi connectivity index (χ3v) is 4.54. The van der Waals surface area contributed by atoms with Gasteiger partial charge in [0.25, 0.3) is 0 Å². The third-order valence-electron chi connectivity index (χ3n) is 4.54. The lowest BCUT2D eigenvalue weighted by molar-refractivity contribution is 0.0976. The van der Waals surface area contributed by atoms with Crippen LogP contribution >= 0.6 is 0 Å². The Bertz CT molecular complexity index is 1110. The molecule has 4 rings (SSSR count). The highest BCUT2D eigenvalue weighted by molar-refractivity contribution is 6.22. The first-order valence-corrected chi connectivity index (χ1v) is 8.56. The molecule has 1 aromatic heterocycles. The van der Waals surface area contributed by atoms with Crippen molar-refractivity contribution in [3.63, 3.8) is 0 Å². The Labute approximate surface area is 156 Å². The lowest BCUT2D eigenvalue weighted by Crippen LogP contribution is -2.25. The first kappa shape index (κ1) is 16.8. The summed E-state index contributed by atoms with van der Waals surface area (Å²) in [6.07, 6.45) is 1.11. The zero-order valence-electron chi connectivity index (χ0n) is 15.0. The SMILES string of the molecule is Cc1ccc(-c2nc3c(nc2-c2ccc(C)cc2)C(=O)C(N)=CC3=O)cc1. The Morgan fingerprint density at radius 1 is 0.667 bits per heavy atom. The Balaban J connectivity index is 2.01. The first-order valence-electron chi connectivity index (χ1n) is 8.56. The molecule has 0 spiro atoms. The number of carbonyl (C=O) groups excluding carboxylic acids is 2. The van der Waals surface area contributed by atoms with Crippen molar-refractivity contribution < 1.29 is 9.59 Å². The Morgan fingerprint density at radius 2 is 1.11 bits per heavy atom. The molecule has 0 fully saturated rings. The van der Waals surface area contributed by atoms with Crippen molar-refractivity contribution in [2.75, 3.05) is 0 Å². The van der Waals surface area contributed by atoms with Gasteiger partial charge in [-0.1, -0.05) is 59.7 Å². The summed E-state index contributed by atoms with van der Waals surface area (Å²) in [6, 6.07) is 15.6. The molecule has 1 aliphatic rings. The number of nitrogens with two attached hydrogens (primary N) is 1. The Hall–Kier alpha value is -3.60. The molecule has 0 saturated heterocycles. The van der Waals surface area contributed by atoms with E-state index < -0.39 is 11.6 Å². The fraction of sp³-hybridized carbons (Fsp3) is 0.0909. The van der Waals surface area contributed by atoms with Crippen LogP contribution in [0.3, 0.4) is 0 Å². The van der Waals surface area contributed by atoms with Gasteiger partial charge < -0.3 is 5.73 Å². The summed E-state index contributed by atoms with van der Waals surface area (Å²) in [6.45, 7) is 4.00. The van der Waals surface area contributed by atoms with Gasteiger partial charge in [0.1, 0.15) is 11.4 Å². The minimum Gasteiger partial charge on any atom is -0.395 e. The van der Waals surface area contributed by atoms with E-state index in [1.54, 1.807) is 0 Å². The number of carbonyl (C=O) groups is 2. The van der Waals surface area contributed by atoms with Gasteiger partial charge in [-0.2, -0.15) is 0 Å². The van der Waals surface area contributed by atoms with E-state index in [1.165, 1.54) is 0 Å². The minimum atomic E-state index is -0.471. The molecule has 2 aromatic carbocycles. The summed E-state index contributed by atoms with van der Waals surface area (Å²) in [5.41, 5.74) is 10.6. The molecule has 0 radical (unpaired) electrons. The van der Waals surface area contributed by atoms with Crippen LogP contribution in [0.5, 0.6) is 0 Å².